The maximum absolute atomic E-state index is 12.5. The van der Waals surface area contributed by atoms with E-state index in [0.29, 0.717) is 16.9 Å². The van der Waals surface area contributed by atoms with Crippen LogP contribution in [0.4, 0.5) is 24.5 Å². The van der Waals surface area contributed by atoms with Crippen molar-refractivity contribution in [2.75, 3.05) is 17.2 Å². The van der Waals surface area contributed by atoms with Crippen LogP contribution in [0.15, 0.2) is 36.5 Å². The Morgan fingerprint density at radius 2 is 1.95 bits per heavy atom. The summed E-state index contributed by atoms with van der Waals surface area (Å²) >= 11 is 0. The van der Waals surface area contributed by atoms with Crippen molar-refractivity contribution in [3.8, 4) is 0 Å². The number of nitrogen functional groups attached to an aromatic ring is 1. The van der Waals surface area contributed by atoms with Crippen LogP contribution in [0.25, 0.3) is 0 Å². The number of halogens is 3. The molecular weight excluding hydrogens is 297 g/mol. The zero-order chi connectivity index (χ0) is 16.3. The maximum Gasteiger partial charge on any atom is 0.408 e. The van der Waals surface area contributed by atoms with Crippen LogP contribution in [0.2, 0.25) is 0 Å². The fraction of sp³-hybridized carbons (Fsp3) is 0.286. The van der Waals surface area contributed by atoms with Crippen LogP contribution in [-0.4, -0.2) is 28.4 Å². The first-order valence-corrected chi connectivity index (χ1v) is 6.58. The second-order valence-electron chi connectivity index (χ2n) is 4.63. The fourth-order valence-corrected chi connectivity index (χ4v) is 2.05. The van der Waals surface area contributed by atoms with Gasteiger partial charge in [-0.1, -0.05) is 18.2 Å². The molecule has 0 atom stereocenters. The molecule has 0 saturated heterocycles. The molecule has 1 amide bonds. The van der Waals surface area contributed by atoms with Gasteiger partial charge in [-0.15, -0.1) is 0 Å². The van der Waals surface area contributed by atoms with Crippen molar-refractivity contribution in [1.29, 1.82) is 0 Å². The molecule has 1 aromatic carbocycles. The van der Waals surface area contributed by atoms with Crippen LogP contribution in [0.1, 0.15) is 17.4 Å². The average molecular weight is 312 g/mol. The van der Waals surface area contributed by atoms with E-state index in [1.165, 1.54) is 4.90 Å². The minimum absolute atomic E-state index is 0.0800. The highest BCUT2D eigenvalue weighted by Gasteiger charge is 2.30. The molecule has 0 fully saturated rings. The summed E-state index contributed by atoms with van der Waals surface area (Å²) in [5.41, 5.74) is 5.99. The summed E-state index contributed by atoms with van der Waals surface area (Å²) in [4.78, 5) is 13.9. The summed E-state index contributed by atoms with van der Waals surface area (Å²) in [5, 5.41) is 3.67. The topological polar surface area (TPSA) is 64.2 Å². The lowest BCUT2D eigenvalue weighted by atomic mass is 10.2. The zero-order valence-corrected chi connectivity index (χ0v) is 11.8. The van der Waals surface area contributed by atoms with Crippen LogP contribution in [0.5, 0.6) is 0 Å². The lowest BCUT2D eigenvalue weighted by molar-refractivity contribution is -0.142. The Balaban J connectivity index is 2.29. The number of nitrogens with two attached hydrogens (primary N) is 1. The first-order chi connectivity index (χ1) is 10.3. The van der Waals surface area contributed by atoms with Crippen LogP contribution < -0.4 is 10.6 Å². The number of para-hydroxylation sites is 1. The molecular formula is C14H15F3N4O. The average Bonchev–Trinajstić information content (AvgIpc) is 2.79. The number of rotatable bonds is 4. The van der Waals surface area contributed by atoms with E-state index >= 15 is 0 Å². The van der Waals surface area contributed by atoms with Gasteiger partial charge in [-0.05, 0) is 19.1 Å². The molecule has 0 bridgehead atoms. The van der Waals surface area contributed by atoms with Crippen molar-refractivity contribution in [3.05, 3.63) is 42.2 Å². The molecule has 1 heterocycles. The third kappa shape index (κ3) is 3.57. The van der Waals surface area contributed by atoms with Gasteiger partial charge in [0, 0.05) is 18.4 Å². The highest BCUT2D eigenvalue weighted by molar-refractivity contribution is 6.07. The first kappa shape index (κ1) is 15.9. The van der Waals surface area contributed by atoms with E-state index in [0.717, 1.165) is 6.20 Å². The molecule has 2 rings (SSSR count). The van der Waals surface area contributed by atoms with Gasteiger partial charge in [0.25, 0.3) is 5.91 Å². The molecule has 5 nitrogen and oxygen atoms in total. The van der Waals surface area contributed by atoms with Crippen molar-refractivity contribution < 1.29 is 18.0 Å². The number of hydrogen-bond donors (Lipinski definition) is 1. The molecule has 0 spiro atoms. The van der Waals surface area contributed by atoms with Gasteiger partial charge >= 0.3 is 6.18 Å². The quantitative estimate of drug-likeness (QED) is 0.944. The Morgan fingerprint density at radius 1 is 1.32 bits per heavy atom. The van der Waals surface area contributed by atoms with E-state index in [1.807, 2.05) is 0 Å². The Morgan fingerprint density at radius 3 is 2.50 bits per heavy atom. The Bertz CT molecular complexity index is 652. The molecule has 0 saturated carbocycles. The summed E-state index contributed by atoms with van der Waals surface area (Å²) in [6.45, 7) is 0.810. The number of anilines is 2. The van der Waals surface area contributed by atoms with Crippen LogP contribution in [-0.2, 0) is 6.54 Å². The van der Waals surface area contributed by atoms with Crippen LogP contribution >= 0.6 is 0 Å². The third-order valence-electron chi connectivity index (χ3n) is 2.96. The van der Waals surface area contributed by atoms with Crippen LogP contribution in [0, 0.1) is 0 Å². The number of aromatic nitrogens is 2. The largest absolute Gasteiger partial charge is 0.408 e. The van der Waals surface area contributed by atoms with E-state index in [2.05, 4.69) is 5.10 Å². The van der Waals surface area contributed by atoms with Gasteiger partial charge in [-0.3, -0.25) is 9.48 Å². The predicted octanol–water partition coefficient (Wildman–Crippen LogP) is 2.69. The molecule has 2 aromatic rings. The van der Waals surface area contributed by atoms with Gasteiger partial charge in [0.2, 0.25) is 0 Å². The van der Waals surface area contributed by atoms with Crippen molar-refractivity contribution in [2.24, 2.45) is 0 Å². The third-order valence-corrected chi connectivity index (χ3v) is 2.96. The Kier molecular flexibility index (Phi) is 4.39. The lowest BCUT2D eigenvalue weighted by Crippen LogP contribution is -2.31. The number of benzene rings is 1. The Hall–Kier alpha value is -2.51. The van der Waals surface area contributed by atoms with E-state index in [4.69, 9.17) is 5.73 Å². The molecule has 118 valence electrons. The monoisotopic (exact) mass is 312 g/mol. The van der Waals surface area contributed by atoms with Crippen molar-refractivity contribution in [2.45, 2.75) is 19.6 Å². The van der Waals surface area contributed by atoms with Gasteiger partial charge < -0.3 is 10.6 Å². The van der Waals surface area contributed by atoms with E-state index < -0.39 is 18.6 Å². The molecule has 0 aliphatic heterocycles. The molecule has 0 unspecified atom stereocenters. The van der Waals surface area contributed by atoms with Gasteiger partial charge in [-0.2, -0.15) is 18.3 Å². The highest BCUT2D eigenvalue weighted by atomic mass is 19.4. The van der Waals surface area contributed by atoms with Gasteiger partial charge in [0.1, 0.15) is 6.54 Å². The Labute approximate surface area is 125 Å². The maximum atomic E-state index is 12.5. The molecule has 22 heavy (non-hydrogen) atoms. The van der Waals surface area contributed by atoms with Gasteiger partial charge in [-0.25, -0.2) is 0 Å². The number of carbonyl (C=O) groups is 1. The zero-order valence-electron chi connectivity index (χ0n) is 11.8. The van der Waals surface area contributed by atoms with E-state index in [-0.39, 0.29) is 11.4 Å². The minimum atomic E-state index is -4.43. The van der Waals surface area contributed by atoms with E-state index in [9.17, 15) is 18.0 Å². The number of hydrogen-bond acceptors (Lipinski definition) is 3. The molecule has 0 aliphatic carbocycles. The molecule has 8 heteroatoms. The van der Waals surface area contributed by atoms with Crippen LogP contribution in [0.3, 0.4) is 0 Å². The van der Waals surface area contributed by atoms with Crippen molar-refractivity contribution in [3.63, 3.8) is 0 Å². The van der Waals surface area contributed by atoms with Crippen molar-refractivity contribution in [1.82, 2.24) is 9.78 Å². The number of nitrogens with zero attached hydrogens (tertiary/aromatic N) is 3. The molecule has 0 radical (unpaired) electrons. The van der Waals surface area contributed by atoms with Gasteiger partial charge in [0.15, 0.2) is 5.69 Å². The molecule has 1 aromatic heterocycles. The van der Waals surface area contributed by atoms with E-state index in [1.54, 1.807) is 37.3 Å². The number of carbonyl (C=O) groups excluding carboxylic acids is 1. The summed E-state index contributed by atoms with van der Waals surface area (Å²) < 4.78 is 37.8. The summed E-state index contributed by atoms with van der Waals surface area (Å²) in [6.07, 6.45) is -3.41. The highest BCUT2D eigenvalue weighted by Crippen LogP contribution is 2.21. The SMILES string of the molecule is CCN(C(=O)c1nn(CC(F)(F)F)cc1N)c1ccccc1. The predicted molar refractivity (Wildman–Crippen MR) is 76.5 cm³/mol. The summed E-state index contributed by atoms with van der Waals surface area (Å²) in [7, 11) is 0. The standard InChI is InChI=1S/C14H15F3N4O/c1-2-21(10-6-4-3-5-7-10)13(22)12-11(18)8-20(19-12)9-14(15,16)17/h3-8H,2,9,18H2,1H3. The fourth-order valence-electron chi connectivity index (χ4n) is 2.05. The molecule has 0 aliphatic rings. The lowest BCUT2D eigenvalue weighted by Gasteiger charge is -2.20. The second-order valence-corrected chi connectivity index (χ2v) is 4.63. The first-order valence-electron chi connectivity index (χ1n) is 6.58. The number of amides is 1. The number of alkyl halides is 3. The smallest absolute Gasteiger partial charge is 0.396 e. The normalized spacial score (nSPS) is 11.5. The van der Waals surface area contributed by atoms with Gasteiger partial charge in [0.05, 0.1) is 5.69 Å². The second kappa shape index (κ2) is 6.08. The summed E-state index contributed by atoms with van der Waals surface area (Å²) in [5.74, 6) is -0.535. The minimum Gasteiger partial charge on any atom is -0.396 e. The summed E-state index contributed by atoms with van der Waals surface area (Å²) in [6, 6.07) is 8.77. The van der Waals surface area contributed by atoms with Crippen molar-refractivity contribution >= 4 is 17.3 Å². The molecule has 2 N–H and O–H groups in total.